The third-order valence-corrected chi connectivity index (χ3v) is 3.00. The summed E-state index contributed by atoms with van der Waals surface area (Å²) in [5.41, 5.74) is 2.23. The van der Waals surface area contributed by atoms with Crippen LogP contribution in [0, 0.1) is 0 Å². The Hall–Kier alpha value is -1.36. The number of carboxylic acid groups (broad SMARTS) is 1. The molecule has 94 valence electrons. The van der Waals surface area contributed by atoms with Crippen LogP contribution in [-0.4, -0.2) is 38.8 Å². The van der Waals surface area contributed by atoms with Crippen molar-refractivity contribution in [1.29, 1.82) is 0 Å². The predicted octanol–water partition coefficient (Wildman–Crippen LogP) is 1.08. The summed E-state index contributed by atoms with van der Waals surface area (Å²) >= 11 is 0. The Bertz CT molecular complexity index is 431. The lowest BCUT2D eigenvalue weighted by Crippen LogP contribution is -2.37. The van der Waals surface area contributed by atoms with Crippen LogP contribution in [0.25, 0.3) is 0 Å². The van der Waals surface area contributed by atoms with Gasteiger partial charge in [0.05, 0.1) is 24.5 Å². The topological polar surface area (TPSA) is 58.4 Å². The summed E-state index contributed by atoms with van der Waals surface area (Å²) in [7, 11) is 0. The lowest BCUT2D eigenvalue weighted by molar-refractivity contribution is -0.138. The SMILES string of the molecule is CC(C)(C)c1cc2n(n1)CCN(CC(=O)O)C2. The van der Waals surface area contributed by atoms with E-state index in [2.05, 4.69) is 31.9 Å². The van der Waals surface area contributed by atoms with Gasteiger partial charge in [0, 0.05) is 18.5 Å². The molecule has 0 unspecified atom stereocenters. The lowest BCUT2D eigenvalue weighted by Gasteiger charge is -2.25. The molecule has 0 saturated carbocycles. The first-order valence-corrected chi connectivity index (χ1v) is 5.87. The van der Waals surface area contributed by atoms with Crippen molar-refractivity contribution in [2.45, 2.75) is 39.3 Å². The van der Waals surface area contributed by atoms with Gasteiger partial charge in [-0.3, -0.25) is 14.4 Å². The summed E-state index contributed by atoms with van der Waals surface area (Å²) in [4.78, 5) is 12.6. The van der Waals surface area contributed by atoms with Gasteiger partial charge in [-0.15, -0.1) is 0 Å². The standard InChI is InChI=1S/C12H19N3O2/c1-12(2,3)10-6-9-7-14(8-11(16)17)4-5-15(9)13-10/h6H,4-5,7-8H2,1-3H3,(H,16,17). The van der Waals surface area contributed by atoms with Crippen molar-refractivity contribution < 1.29 is 9.90 Å². The van der Waals surface area contributed by atoms with Gasteiger partial charge in [0.2, 0.25) is 0 Å². The van der Waals surface area contributed by atoms with Gasteiger partial charge < -0.3 is 5.11 Å². The minimum atomic E-state index is -0.769. The van der Waals surface area contributed by atoms with Crippen molar-refractivity contribution in [2.75, 3.05) is 13.1 Å². The van der Waals surface area contributed by atoms with E-state index in [-0.39, 0.29) is 12.0 Å². The fourth-order valence-electron chi connectivity index (χ4n) is 2.01. The molecule has 5 nitrogen and oxygen atoms in total. The average molecular weight is 237 g/mol. The lowest BCUT2D eigenvalue weighted by atomic mass is 9.92. The minimum absolute atomic E-state index is 0.0436. The normalized spacial score (nSPS) is 16.9. The first kappa shape index (κ1) is 12.1. The molecule has 5 heteroatoms. The van der Waals surface area contributed by atoms with E-state index in [9.17, 15) is 4.79 Å². The Morgan fingerprint density at radius 1 is 1.47 bits per heavy atom. The Morgan fingerprint density at radius 3 is 2.76 bits per heavy atom. The van der Waals surface area contributed by atoms with E-state index in [1.165, 1.54) is 0 Å². The number of fused-ring (bicyclic) bond motifs is 1. The second-order valence-corrected chi connectivity index (χ2v) is 5.60. The van der Waals surface area contributed by atoms with Gasteiger partial charge in [-0.2, -0.15) is 5.10 Å². The minimum Gasteiger partial charge on any atom is -0.480 e. The molecule has 2 rings (SSSR count). The molecule has 2 heterocycles. The summed E-state index contributed by atoms with van der Waals surface area (Å²) in [6.45, 7) is 8.72. The highest BCUT2D eigenvalue weighted by Gasteiger charge is 2.24. The van der Waals surface area contributed by atoms with Crippen molar-refractivity contribution in [3.63, 3.8) is 0 Å². The molecule has 0 atom stereocenters. The number of nitrogens with zero attached hydrogens (tertiary/aromatic N) is 3. The molecule has 0 fully saturated rings. The molecule has 0 aliphatic carbocycles. The Kier molecular flexibility index (Phi) is 2.95. The predicted molar refractivity (Wildman–Crippen MR) is 63.8 cm³/mol. The number of aliphatic carboxylic acids is 1. The molecule has 0 amide bonds. The van der Waals surface area contributed by atoms with Gasteiger partial charge in [0.25, 0.3) is 0 Å². The van der Waals surface area contributed by atoms with Crippen LogP contribution in [0.4, 0.5) is 0 Å². The summed E-state index contributed by atoms with van der Waals surface area (Å²) in [6, 6.07) is 2.09. The van der Waals surface area contributed by atoms with Crippen LogP contribution in [0.5, 0.6) is 0 Å². The molecule has 0 saturated heterocycles. The Balaban J connectivity index is 2.16. The van der Waals surface area contributed by atoms with Crippen molar-refractivity contribution in [1.82, 2.24) is 14.7 Å². The van der Waals surface area contributed by atoms with Crippen LogP contribution in [0.3, 0.4) is 0 Å². The van der Waals surface area contributed by atoms with Crippen molar-refractivity contribution in [2.24, 2.45) is 0 Å². The largest absolute Gasteiger partial charge is 0.480 e. The third kappa shape index (κ3) is 2.66. The van der Waals surface area contributed by atoms with Gasteiger partial charge in [0.15, 0.2) is 0 Å². The van der Waals surface area contributed by atoms with E-state index in [1.807, 2.05) is 9.58 Å². The maximum Gasteiger partial charge on any atom is 0.317 e. The number of carbonyl (C=O) groups is 1. The smallest absolute Gasteiger partial charge is 0.317 e. The van der Waals surface area contributed by atoms with E-state index in [0.29, 0.717) is 6.54 Å². The van der Waals surface area contributed by atoms with E-state index in [1.54, 1.807) is 0 Å². The second kappa shape index (κ2) is 4.14. The number of aromatic nitrogens is 2. The summed E-state index contributed by atoms with van der Waals surface area (Å²) < 4.78 is 2.00. The molecule has 1 aliphatic heterocycles. The monoisotopic (exact) mass is 237 g/mol. The molecule has 1 N–H and O–H groups in total. The van der Waals surface area contributed by atoms with E-state index in [4.69, 9.17) is 5.11 Å². The molecule has 1 aliphatic rings. The van der Waals surface area contributed by atoms with Crippen LogP contribution in [0.15, 0.2) is 6.07 Å². The average Bonchev–Trinajstić information content (AvgIpc) is 2.58. The number of carboxylic acids is 1. The fourth-order valence-corrected chi connectivity index (χ4v) is 2.01. The maximum absolute atomic E-state index is 10.7. The molecule has 1 aromatic heterocycles. The first-order valence-electron chi connectivity index (χ1n) is 5.87. The number of rotatable bonds is 2. The highest BCUT2D eigenvalue weighted by molar-refractivity contribution is 5.69. The molecular weight excluding hydrogens is 218 g/mol. The van der Waals surface area contributed by atoms with Crippen LogP contribution < -0.4 is 0 Å². The Labute approximate surface area is 101 Å². The van der Waals surface area contributed by atoms with E-state index < -0.39 is 5.97 Å². The maximum atomic E-state index is 10.7. The van der Waals surface area contributed by atoms with Crippen molar-refractivity contribution in [3.05, 3.63) is 17.5 Å². The zero-order chi connectivity index (χ0) is 12.6. The molecule has 0 radical (unpaired) electrons. The van der Waals surface area contributed by atoms with Gasteiger partial charge >= 0.3 is 5.97 Å². The molecule has 1 aromatic rings. The van der Waals surface area contributed by atoms with Gasteiger partial charge in [-0.1, -0.05) is 20.8 Å². The highest BCUT2D eigenvalue weighted by Crippen LogP contribution is 2.23. The van der Waals surface area contributed by atoms with Crippen LogP contribution in [-0.2, 0) is 23.3 Å². The number of hydrogen-bond acceptors (Lipinski definition) is 3. The van der Waals surface area contributed by atoms with Crippen LogP contribution in [0.1, 0.15) is 32.2 Å². The molecule has 0 bridgehead atoms. The first-order chi connectivity index (χ1) is 7.86. The third-order valence-electron chi connectivity index (χ3n) is 3.00. The van der Waals surface area contributed by atoms with Crippen molar-refractivity contribution >= 4 is 5.97 Å². The Morgan fingerprint density at radius 2 is 2.18 bits per heavy atom. The zero-order valence-electron chi connectivity index (χ0n) is 10.6. The van der Waals surface area contributed by atoms with Gasteiger partial charge in [-0.25, -0.2) is 0 Å². The quantitative estimate of drug-likeness (QED) is 0.836. The zero-order valence-corrected chi connectivity index (χ0v) is 10.6. The van der Waals surface area contributed by atoms with Gasteiger partial charge in [-0.05, 0) is 6.07 Å². The van der Waals surface area contributed by atoms with E-state index in [0.717, 1.165) is 24.5 Å². The van der Waals surface area contributed by atoms with E-state index >= 15 is 0 Å². The summed E-state index contributed by atoms with van der Waals surface area (Å²) in [5.74, 6) is -0.769. The number of hydrogen-bond donors (Lipinski definition) is 1. The van der Waals surface area contributed by atoms with Crippen LogP contribution >= 0.6 is 0 Å². The molecule has 17 heavy (non-hydrogen) atoms. The fraction of sp³-hybridized carbons (Fsp3) is 0.667. The van der Waals surface area contributed by atoms with Gasteiger partial charge in [0.1, 0.15) is 0 Å². The summed E-state index contributed by atoms with van der Waals surface area (Å²) in [6.07, 6.45) is 0. The molecular formula is C12H19N3O2. The van der Waals surface area contributed by atoms with Crippen molar-refractivity contribution in [3.8, 4) is 0 Å². The highest BCUT2D eigenvalue weighted by atomic mass is 16.4. The molecule has 0 spiro atoms. The summed E-state index contributed by atoms with van der Waals surface area (Å²) in [5, 5.41) is 13.4. The van der Waals surface area contributed by atoms with Crippen LogP contribution in [0.2, 0.25) is 0 Å². The molecule has 0 aromatic carbocycles. The second-order valence-electron chi connectivity index (χ2n) is 5.60.